The van der Waals surface area contributed by atoms with E-state index in [1.165, 1.54) is 11.1 Å². The standard InChI is InChI=1S/C19H27N5O/c1-13-20-19(22-21-13)16-6-8-24(12-17(16)23(2)3)11-14-4-5-18-15(10-14)7-9-25-18/h4-5,10,16-17H,6-9,11-12H2,1-3H3,(H,20,21,22)/t16-,17+/m0/s1. The quantitative estimate of drug-likeness (QED) is 0.921. The van der Waals surface area contributed by atoms with Crippen LogP contribution in [0.5, 0.6) is 5.75 Å². The van der Waals surface area contributed by atoms with Gasteiger partial charge in [0.25, 0.3) is 0 Å². The number of aromatic nitrogens is 3. The van der Waals surface area contributed by atoms with E-state index in [9.17, 15) is 0 Å². The van der Waals surface area contributed by atoms with Crippen LogP contribution in [0, 0.1) is 6.92 Å². The van der Waals surface area contributed by atoms with Gasteiger partial charge in [0.15, 0.2) is 5.82 Å². The molecule has 1 fully saturated rings. The van der Waals surface area contributed by atoms with Crippen molar-refractivity contribution >= 4 is 0 Å². The van der Waals surface area contributed by atoms with Crippen molar-refractivity contribution in [1.29, 1.82) is 0 Å². The first-order chi connectivity index (χ1) is 12.1. The molecule has 6 nitrogen and oxygen atoms in total. The highest BCUT2D eigenvalue weighted by atomic mass is 16.5. The zero-order valence-electron chi connectivity index (χ0n) is 15.3. The number of fused-ring (bicyclic) bond motifs is 1. The van der Waals surface area contributed by atoms with Crippen molar-refractivity contribution in [2.75, 3.05) is 33.8 Å². The molecule has 25 heavy (non-hydrogen) atoms. The van der Waals surface area contributed by atoms with Crippen molar-refractivity contribution in [3.8, 4) is 5.75 Å². The number of likely N-dealkylation sites (tertiary alicyclic amines) is 1. The molecule has 3 heterocycles. The van der Waals surface area contributed by atoms with Crippen LogP contribution in [-0.2, 0) is 13.0 Å². The number of piperidine rings is 1. The number of benzene rings is 1. The molecule has 2 aliphatic heterocycles. The molecule has 0 unspecified atom stereocenters. The lowest BCUT2D eigenvalue weighted by molar-refractivity contribution is 0.105. The van der Waals surface area contributed by atoms with E-state index < -0.39 is 0 Å². The summed E-state index contributed by atoms with van der Waals surface area (Å²) in [6.45, 7) is 5.91. The number of likely N-dealkylation sites (N-methyl/N-ethyl adjacent to an activating group) is 1. The minimum Gasteiger partial charge on any atom is -0.493 e. The smallest absolute Gasteiger partial charge is 0.155 e. The lowest BCUT2D eigenvalue weighted by Crippen LogP contribution is -2.49. The van der Waals surface area contributed by atoms with Crippen LogP contribution in [-0.4, -0.2) is 64.8 Å². The third-order valence-corrected chi connectivity index (χ3v) is 5.44. The summed E-state index contributed by atoms with van der Waals surface area (Å²) in [7, 11) is 4.32. The minimum atomic E-state index is 0.393. The molecule has 6 heteroatoms. The highest BCUT2D eigenvalue weighted by molar-refractivity contribution is 5.39. The molecular weight excluding hydrogens is 314 g/mol. The second-order valence-corrected chi connectivity index (χ2v) is 7.48. The van der Waals surface area contributed by atoms with E-state index in [1.54, 1.807) is 0 Å². The molecule has 2 atom stereocenters. The SMILES string of the molecule is Cc1nc([C@H]2CCN(Cc3ccc4c(c3)CCO4)C[C@H]2N(C)C)n[nH]1. The Bertz CT molecular complexity index is 741. The average molecular weight is 341 g/mol. The predicted molar refractivity (Wildman–Crippen MR) is 96.9 cm³/mol. The van der Waals surface area contributed by atoms with Crippen molar-refractivity contribution in [3.05, 3.63) is 41.0 Å². The predicted octanol–water partition coefficient (Wildman–Crippen LogP) is 1.97. The Morgan fingerprint density at radius 1 is 1.36 bits per heavy atom. The van der Waals surface area contributed by atoms with E-state index in [1.807, 2.05) is 6.92 Å². The van der Waals surface area contributed by atoms with E-state index in [4.69, 9.17) is 4.74 Å². The molecule has 0 bridgehead atoms. The second kappa shape index (κ2) is 6.77. The molecule has 0 aliphatic carbocycles. The number of nitrogens with one attached hydrogen (secondary N) is 1. The summed E-state index contributed by atoms with van der Waals surface area (Å²) in [6, 6.07) is 7.09. The fourth-order valence-electron chi connectivity index (χ4n) is 4.09. The molecule has 4 rings (SSSR count). The molecule has 1 aromatic heterocycles. The van der Waals surface area contributed by atoms with Crippen LogP contribution in [0.4, 0.5) is 0 Å². The highest BCUT2D eigenvalue weighted by Gasteiger charge is 2.34. The number of hydrogen-bond donors (Lipinski definition) is 1. The first kappa shape index (κ1) is 16.5. The van der Waals surface area contributed by atoms with E-state index in [-0.39, 0.29) is 0 Å². The van der Waals surface area contributed by atoms with Crippen molar-refractivity contribution in [1.82, 2.24) is 25.0 Å². The number of nitrogens with zero attached hydrogens (tertiary/aromatic N) is 4. The third-order valence-electron chi connectivity index (χ3n) is 5.44. The fourth-order valence-corrected chi connectivity index (χ4v) is 4.09. The maximum atomic E-state index is 5.62. The van der Waals surface area contributed by atoms with Gasteiger partial charge in [0, 0.05) is 31.5 Å². The van der Waals surface area contributed by atoms with E-state index in [0.29, 0.717) is 12.0 Å². The summed E-state index contributed by atoms with van der Waals surface area (Å²) < 4.78 is 5.62. The maximum absolute atomic E-state index is 5.62. The van der Waals surface area contributed by atoms with Gasteiger partial charge < -0.3 is 9.64 Å². The molecule has 1 N–H and O–H groups in total. The Balaban J connectivity index is 1.46. The van der Waals surface area contributed by atoms with Crippen molar-refractivity contribution < 1.29 is 4.74 Å². The summed E-state index contributed by atoms with van der Waals surface area (Å²) in [4.78, 5) is 9.46. The second-order valence-electron chi connectivity index (χ2n) is 7.48. The van der Waals surface area contributed by atoms with Crippen LogP contribution in [0.2, 0.25) is 0 Å². The number of hydrogen-bond acceptors (Lipinski definition) is 5. The number of rotatable bonds is 4. The molecular formula is C19H27N5O. The summed E-state index contributed by atoms with van der Waals surface area (Å²) in [5, 5.41) is 7.42. The highest BCUT2D eigenvalue weighted by Crippen LogP contribution is 2.31. The van der Waals surface area contributed by atoms with E-state index >= 15 is 0 Å². The Kier molecular flexibility index (Phi) is 4.48. The van der Waals surface area contributed by atoms with E-state index in [0.717, 1.165) is 56.5 Å². The summed E-state index contributed by atoms with van der Waals surface area (Å²) >= 11 is 0. The molecule has 0 radical (unpaired) electrons. The lowest BCUT2D eigenvalue weighted by Gasteiger charge is -2.40. The van der Waals surface area contributed by atoms with Crippen LogP contribution >= 0.6 is 0 Å². The van der Waals surface area contributed by atoms with Gasteiger partial charge in [-0.25, -0.2) is 4.98 Å². The third kappa shape index (κ3) is 3.41. The van der Waals surface area contributed by atoms with Gasteiger partial charge in [-0.2, -0.15) is 5.10 Å². The number of H-pyrrole nitrogens is 1. The van der Waals surface area contributed by atoms with Crippen molar-refractivity contribution in [2.24, 2.45) is 0 Å². The van der Waals surface area contributed by atoms with Gasteiger partial charge in [-0.1, -0.05) is 12.1 Å². The first-order valence-corrected chi connectivity index (χ1v) is 9.12. The molecule has 2 aliphatic rings. The Morgan fingerprint density at radius 2 is 2.24 bits per heavy atom. The molecule has 0 amide bonds. The number of aryl methyl sites for hydroxylation is 1. The van der Waals surface area contributed by atoms with Crippen LogP contribution in [0.25, 0.3) is 0 Å². The van der Waals surface area contributed by atoms with Gasteiger partial charge in [0.1, 0.15) is 11.6 Å². The molecule has 0 spiro atoms. The summed E-state index contributed by atoms with van der Waals surface area (Å²) in [5.41, 5.74) is 2.74. The molecule has 1 aromatic carbocycles. The molecule has 1 saturated heterocycles. The first-order valence-electron chi connectivity index (χ1n) is 9.12. The average Bonchev–Trinajstić information content (AvgIpc) is 3.23. The van der Waals surface area contributed by atoms with Crippen LogP contribution in [0.1, 0.15) is 35.1 Å². The zero-order valence-corrected chi connectivity index (χ0v) is 15.3. The Labute approximate surface area is 149 Å². The number of ether oxygens (including phenoxy) is 1. The lowest BCUT2D eigenvalue weighted by atomic mass is 9.89. The Hall–Kier alpha value is -1.92. The monoisotopic (exact) mass is 341 g/mol. The minimum absolute atomic E-state index is 0.393. The normalized spacial score (nSPS) is 23.7. The van der Waals surface area contributed by atoms with Crippen LogP contribution < -0.4 is 4.74 Å². The van der Waals surface area contributed by atoms with Gasteiger partial charge in [-0.05, 0) is 51.2 Å². The van der Waals surface area contributed by atoms with Gasteiger partial charge in [-0.15, -0.1) is 0 Å². The van der Waals surface area contributed by atoms with Gasteiger partial charge in [0.2, 0.25) is 0 Å². The topological polar surface area (TPSA) is 57.3 Å². The van der Waals surface area contributed by atoms with Gasteiger partial charge in [0.05, 0.1) is 6.61 Å². The molecule has 134 valence electrons. The van der Waals surface area contributed by atoms with Crippen molar-refractivity contribution in [3.63, 3.8) is 0 Å². The largest absolute Gasteiger partial charge is 0.493 e. The fraction of sp³-hybridized carbons (Fsp3) is 0.579. The van der Waals surface area contributed by atoms with Crippen LogP contribution in [0.3, 0.4) is 0 Å². The molecule has 2 aromatic rings. The van der Waals surface area contributed by atoms with Crippen LogP contribution in [0.15, 0.2) is 18.2 Å². The summed E-state index contributed by atoms with van der Waals surface area (Å²) in [6.07, 6.45) is 2.13. The van der Waals surface area contributed by atoms with Crippen molar-refractivity contribution in [2.45, 2.75) is 38.3 Å². The summed E-state index contributed by atoms with van der Waals surface area (Å²) in [5.74, 6) is 3.32. The number of aromatic amines is 1. The zero-order chi connectivity index (χ0) is 17.4. The Morgan fingerprint density at radius 3 is 3.00 bits per heavy atom. The molecule has 0 saturated carbocycles. The van der Waals surface area contributed by atoms with E-state index in [2.05, 4.69) is 57.3 Å². The maximum Gasteiger partial charge on any atom is 0.155 e. The van der Waals surface area contributed by atoms with Gasteiger partial charge in [-0.3, -0.25) is 10.00 Å². The van der Waals surface area contributed by atoms with Gasteiger partial charge >= 0.3 is 0 Å².